The Morgan fingerprint density at radius 2 is 1.57 bits per heavy atom. The van der Waals surface area contributed by atoms with Gasteiger partial charge in [0.15, 0.2) is 0 Å². The second-order valence-electron chi connectivity index (χ2n) is 10.9. The van der Waals surface area contributed by atoms with Gasteiger partial charge >= 0.3 is 12.4 Å². The van der Waals surface area contributed by atoms with Crippen LogP contribution in [0.5, 0.6) is 5.75 Å². The minimum Gasteiger partial charge on any atom is -0.493 e. The third-order valence-electron chi connectivity index (χ3n) is 7.54. The number of benzene rings is 2. The van der Waals surface area contributed by atoms with Gasteiger partial charge in [0.2, 0.25) is 5.91 Å². The van der Waals surface area contributed by atoms with Crippen LogP contribution in [-0.2, 0) is 27.0 Å². The average molecular weight is 600 g/mol. The van der Waals surface area contributed by atoms with E-state index < -0.39 is 34.8 Å². The quantitative estimate of drug-likeness (QED) is 0.170. The summed E-state index contributed by atoms with van der Waals surface area (Å²) in [4.78, 5) is 27.1. The van der Waals surface area contributed by atoms with Crippen molar-refractivity contribution >= 4 is 11.8 Å². The molecule has 0 fully saturated rings. The van der Waals surface area contributed by atoms with Crippen molar-refractivity contribution in [2.75, 3.05) is 13.2 Å². The van der Waals surface area contributed by atoms with Gasteiger partial charge in [0, 0.05) is 18.2 Å². The van der Waals surface area contributed by atoms with Crippen LogP contribution in [0.15, 0.2) is 54.6 Å². The van der Waals surface area contributed by atoms with Gasteiger partial charge in [-0.2, -0.15) is 26.3 Å². The number of aryl methyl sites for hydroxylation is 1. The number of alkyl halides is 6. The van der Waals surface area contributed by atoms with Crippen LogP contribution in [0, 0.1) is 0 Å². The number of carbonyl (C=O) groups excluding carboxylic acids is 2. The molecule has 42 heavy (non-hydrogen) atoms. The normalized spacial score (nSPS) is 18.2. The topological polar surface area (TPSA) is 66.8 Å². The molecular formula is C31H35F6NO4. The zero-order chi connectivity index (χ0) is 31.5. The van der Waals surface area contributed by atoms with Gasteiger partial charge in [-0.15, -0.1) is 0 Å². The van der Waals surface area contributed by atoms with E-state index >= 15 is 0 Å². The van der Waals surface area contributed by atoms with Crippen molar-refractivity contribution < 1.29 is 45.8 Å². The number of imide groups is 1. The number of amides is 2. The number of aliphatic hydroxyl groups is 1. The third kappa shape index (κ3) is 6.50. The molecule has 0 spiro atoms. The first-order valence-electron chi connectivity index (χ1n) is 13.7. The minimum absolute atomic E-state index is 0.0405. The molecule has 1 aliphatic heterocycles. The first-order chi connectivity index (χ1) is 19.5. The van der Waals surface area contributed by atoms with Crippen molar-refractivity contribution in [3.63, 3.8) is 0 Å². The molecule has 1 N–H and O–H groups in total. The highest BCUT2D eigenvalue weighted by atomic mass is 19.4. The fraction of sp³-hybridized carbons (Fsp3) is 0.484. The number of nitrogens with zero attached hydrogens (tertiary/aromatic N) is 1. The number of hydrogen-bond donors (Lipinski definition) is 1. The van der Waals surface area contributed by atoms with E-state index in [0.717, 1.165) is 17.2 Å². The van der Waals surface area contributed by atoms with E-state index in [1.54, 1.807) is 19.9 Å². The van der Waals surface area contributed by atoms with E-state index in [4.69, 9.17) is 4.74 Å². The molecule has 0 aliphatic carbocycles. The molecule has 0 saturated heterocycles. The molecule has 0 radical (unpaired) electrons. The molecule has 1 heterocycles. The highest BCUT2D eigenvalue weighted by Crippen LogP contribution is 2.50. The lowest BCUT2D eigenvalue weighted by atomic mass is 9.78. The van der Waals surface area contributed by atoms with Crippen LogP contribution in [0.3, 0.4) is 0 Å². The molecule has 2 amide bonds. The summed E-state index contributed by atoms with van der Waals surface area (Å²) in [5.41, 5.74) is -5.41. The van der Waals surface area contributed by atoms with Crippen LogP contribution in [0.1, 0.15) is 75.1 Å². The zero-order valence-electron chi connectivity index (χ0n) is 23.9. The van der Waals surface area contributed by atoms with Crippen LogP contribution in [0.2, 0.25) is 0 Å². The summed E-state index contributed by atoms with van der Waals surface area (Å²) in [5.74, 6) is -0.391. The smallest absolute Gasteiger partial charge is 0.430 e. The monoisotopic (exact) mass is 599 g/mol. The van der Waals surface area contributed by atoms with Gasteiger partial charge in [-0.3, -0.25) is 14.5 Å². The fourth-order valence-electron chi connectivity index (χ4n) is 4.88. The lowest BCUT2D eigenvalue weighted by molar-refractivity contribution is -0.376. The van der Waals surface area contributed by atoms with Gasteiger partial charge in [0.25, 0.3) is 11.5 Å². The van der Waals surface area contributed by atoms with E-state index in [0.29, 0.717) is 37.3 Å². The van der Waals surface area contributed by atoms with Gasteiger partial charge in [-0.1, -0.05) is 63.6 Å². The summed E-state index contributed by atoms with van der Waals surface area (Å²) in [6, 6.07) is 9.88. The van der Waals surface area contributed by atoms with Gasteiger partial charge in [-0.05, 0) is 60.9 Å². The first kappa shape index (κ1) is 33.2. The summed E-state index contributed by atoms with van der Waals surface area (Å²) in [6.07, 6.45) is -7.77. The van der Waals surface area contributed by atoms with E-state index in [1.165, 1.54) is 11.0 Å². The van der Waals surface area contributed by atoms with Crippen molar-refractivity contribution in [2.45, 2.75) is 82.7 Å². The Balaban J connectivity index is 1.67. The predicted molar refractivity (Wildman–Crippen MR) is 145 cm³/mol. The summed E-state index contributed by atoms with van der Waals surface area (Å²) in [6.45, 7) is 7.72. The molecule has 1 unspecified atom stereocenters. The molecule has 3 rings (SSSR count). The number of hydrogen-bond acceptors (Lipinski definition) is 4. The first-order valence-corrected chi connectivity index (χ1v) is 13.7. The van der Waals surface area contributed by atoms with Crippen LogP contribution < -0.4 is 4.74 Å². The highest BCUT2D eigenvalue weighted by Gasteiger charge is 2.71. The molecular weight excluding hydrogens is 564 g/mol. The van der Waals surface area contributed by atoms with Gasteiger partial charge in [0.1, 0.15) is 5.75 Å². The van der Waals surface area contributed by atoms with E-state index in [1.807, 2.05) is 24.3 Å². The average Bonchev–Trinajstić information content (AvgIpc) is 2.91. The predicted octanol–water partition coefficient (Wildman–Crippen LogP) is 7.12. The van der Waals surface area contributed by atoms with Crippen LogP contribution in [0.25, 0.3) is 0 Å². The number of carbonyl (C=O) groups is 2. The molecule has 2 aromatic rings. The number of halogens is 6. The summed E-state index contributed by atoms with van der Waals surface area (Å²) in [7, 11) is 0. The molecule has 230 valence electrons. The van der Waals surface area contributed by atoms with E-state index in [2.05, 4.69) is 13.8 Å². The molecule has 11 heteroatoms. The summed E-state index contributed by atoms with van der Waals surface area (Å²) < 4.78 is 85.7. The lowest BCUT2D eigenvalue weighted by Gasteiger charge is -2.35. The molecule has 0 aromatic heterocycles. The Bertz CT molecular complexity index is 1290. The van der Waals surface area contributed by atoms with Crippen molar-refractivity contribution in [2.24, 2.45) is 0 Å². The zero-order valence-corrected chi connectivity index (χ0v) is 23.9. The molecule has 1 atom stereocenters. The molecule has 0 bridgehead atoms. The lowest BCUT2D eigenvalue weighted by Crippen LogP contribution is -2.53. The Hall–Kier alpha value is -3.34. The third-order valence-corrected chi connectivity index (χ3v) is 7.54. The van der Waals surface area contributed by atoms with E-state index in [-0.39, 0.29) is 36.8 Å². The van der Waals surface area contributed by atoms with Gasteiger partial charge in [-0.25, -0.2) is 0 Å². The van der Waals surface area contributed by atoms with Crippen LogP contribution in [-0.4, -0.2) is 47.3 Å². The fourth-order valence-corrected chi connectivity index (χ4v) is 4.88. The Labute approximate surface area is 241 Å². The maximum absolute atomic E-state index is 13.4. The maximum Gasteiger partial charge on any atom is 0.430 e. The summed E-state index contributed by atoms with van der Waals surface area (Å²) >= 11 is 0. The Morgan fingerprint density at radius 3 is 2.12 bits per heavy atom. The van der Waals surface area contributed by atoms with Crippen LogP contribution in [0.4, 0.5) is 26.3 Å². The minimum atomic E-state index is -5.98. The number of unbranched alkanes of at least 4 members (excludes halogenated alkanes) is 1. The molecule has 2 aromatic carbocycles. The van der Waals surface area contributed by atoms with Crippen LogP contribution >= 0.6 is 0 Å². The highest BCUT2D eigenvalue weighted by molar-refractivity contribution is 6.09. The molecule has 5 nitrogen and oxygen atoms in total. The maximum atomic E-state index is 13.4. The molecule has 0 saturated carbocycles. The van der Waals surface area contributed by atoms with Crippen molar-refractivity contribution in [3.8, 4) is 5.75 Å². The van der Waals surface area contributed by atoms with Gasteiger partial charge < -0.3 is 9.84 Å². The second-order valence-corrected chi connectivity index (χ2v) is 10.9. The van der Waals surface area contributed by atoms with Gasteiger partial charge in [0.05, 0.1) is 12.0 Å². The number of ether oxygens (including phenoxy) is 1. The Morgan fingerprint density at radius 1 is 0.952 bits per heavy atom. The Kier molecular flexibility index (Phi) is 9.86. The standard InChI is InChI=1S/C31H35F6NO4/c1-5-8-22-19-24(29(41,30(32,33)34)31(35,36)37)13-14-25(22)42-18-7-6-17-38-26(39)15-16-28(4,27(38)40)23-11-9-21(10-12-23)20(2)3/h9-16,19-20,41H,5-8,17-18H2,1-4H3. The molecule has 1 aliphatic rings. The SMILES string of the molecule is CCCc1cc(C(O)(C(F)(F)F)C(F)(F)F)ccc1OCCCCN1C(=O)C=CC(C)(c2ccc(C(C)C)cc2)C1=O. The van der Waals surface area contributed by atoms with Crippen molar-refractivity contribution in [1.29, 1.82) is 0 Å². The second kappa shape index (κ2) is 12.5. The summed E-state index contributed by atoms with van der Waals surface area (Å²) in [5, 5.41) is 9.74. The number of rotatable bonds is 11. The van der Waals surface area contributed by atoms with Crippen molar-refractivity contribution in [3.05, 3.63) is 76.9 Å². The van der Waals surface area contributed by atoms with Crippen molar-refractivity contribution in [1.82, 2.24) is 4.90 Å². The van der Waals surface area contributed by atoms with E-state index in [9.17, 15) is 41.0 Å². The largest absolute Gasteiger partial charge is 0.493 e.